The summed E-state index contributed by atoms with van der Waals surface area (Å²) in [4.78, 5) is 7.07. The fourth-order valence-corrected chi connectivity index (χ4v) is 4.12. The van der Waals surface area contributed by atoms with Crippen LogP contribution in [0.4, 0.5) is 5.82 Å². The molecular weight excluding hydrogens is 385 g/mol. The van der Waals surface area contributed by atoms with Gasteiger partial charge in [-0.2, -0.15) is 0 Å². The van der Waals surface area contributed by atoms with Crippen molar-refractivity contribution < 1.29 is 0 Å². The molecule has 134 valence electrons. The Balaban J connectivity index is 2.25. The molecule has 3 aromatic rings. The van der Waals surface area contributed by atoms with Crippen molar-refractivity contribution in [3.05, 3.63) is 46.6 Å². The van der Waals surface area contributed by atoms with Crippen LogP contribution >= 0.6 is 35.0 Å². The predicted octanol–water partition coefficient (Wildman–Crippen LogP) is 5.88. The molecule has 0 atom stereocenters. The normalized spacial score (nSPS) is 10.9. The fourth-order valence-electron chi connectivity index (χ4n) is 3.02. The average molecular weight is 404 g/mol. The highest BCUT2D eigenvalue weighted by atomic mass is 35.5. The van der Waals surface area contributed by atoms with Gasteiger partial charge in [-0.1, -0.05) is 42.1 Å². The number of aromatic nitrogens is 2. The summed E-state index contributed by atoms with van der Waals surface area (Å²) in [6, 6.07) is 9.55. The van der Waals surface area contributed by atoms with Crippen LogP contribution in [-0.4, -0.2) is 28.7 Å². The molecule has 3 rings (SSSR count). The van der Waals surface area contributed by atoms with Crippen molar-refractivity contribution in [1.82, 2.24) is 9.38 Å². The number of pyridine rings is 1. The van der Waals surface area contributed by atoms with E-state index in [4.69, 9.17) is 34.6 Å². The third-order valence-electron chi connectivity index (χ3n) is 4.08. The van der Waals surface area contributed by atoms with Crippen molar-refractivity contribution in [3.63, 3.8) is 0 Å². The van der Waals surface area contributed by atoms with Crippen molar-refractivity contribution >= 4 is 46.4 Å². The molecule has 2 heterocycles. The van der Waals surface area contributed by atoms with Gasteiger partial charge in [0.1, 0.15) is 16.5 Å². The first kappa shape index (κ1) is 19.0. The van der Waals surface area contributed by atoms with E-state index in [1.807, 2.05) is 36.7 Å². The number of halogens is 2. The van der Waals surface area contributed by atoms with Gasteiger partial charge in [0.05, 0.1) is 11.6 Å². The van der Waals surface area contributed by atoms with Crippen LogP contribution in [-0.2, 0) is 0 Å². The minimum Gasteiger partial charge on any atom is -0.344 e. The second-order valence-electron chi connectivity index (χ2n) is 5.81. The molecule has 1 aromatic carbocycles. The Kier molecular flexibility index (Phi) is 6.03. The maximum Gasteiger partial charge on any atom is 0.148 e. The number of fused-ring (bicyclic) bond motifs is 1. The largest absolute Gasteiger partial charge is 0.344 e. The summed E-state index contributed by atoms with van der Waals surface area (Å²) >= 11 is 14.1. The second kappa shape index (κ2) is 8.26. The van der Waals surface area contributed by atoms with Crippen LogP contribution in [0.2, 0.25) is 10.0 Å². The van der Waals surface area contributed by atoms with Gasteiger partial charge < -0.3 is 4.90 Å². The van der Waals surface area contributed by atoms with Crippen LogP contribution in [0, 0.1) is 12.3 Å². The lowest BCUT2D eigenvalue weighted by Gasteiger charge is -2.22. The van der Waals surface area contributed by atoms with Crippen molar-refractivity contribution in [3.8, 4) is 23.5 Å². The molecule has 0 spiro atoms. The standard InChI is InChI=1S/C20H19Cl2N3S/c1-4-10-24(11-5-2)20-19(26-3)23-18-16(7-6-12-25(18)20)15-9-8-14(21)13-17(15)22/h1,6-9,12-13H,5,10-11H2,2-3H3. The van der Waals surface area contributed by atoms with E-state index in [9.17, 15) is 0 Å². The molecule has 6 heteroatoms. The van der Waals surface area contributed by atoms with Gasteiger partial charge in [-0.3, -0.25) is 4.40 Å². The topological polar surface area (TPSA) is 20.5 Å². The van der Waals surface area contributed by atoms with Crippen molar-refractivity contribution in [2.24, 2.45) is 0 Å². The molecular formula is C20H19Cl2N3S. The fraction of sp³-hybridized carbons (Fsp3) is 0.250. The summed E-state index contributed by atoms with van der Waals surface area (Å²) in [6.45, 7) is 3.56. The van der Waals surface area contributed by atoms with Gasteiger partial charge in [0, 0.05) is 28.9 Å². The Hall–Kier alpha value is -1.80. The summed E-state index contributed by atoms with van der Waals surface area (Å²) in [5.41, 5.74) is 2.73. The Labute approximate surface area is 168 Å². The summed E-state index contributed by atoms with van der Waals surface area (Å²) in [5, 5.41) is 2.17. The number of thioether (sulfide) groups is 1. The molecule has 0 radical (unpaired) electrons. The maximum atomic E-state index is 6.44. The van der Waals surface area contributed by atoms with Crippen LogP contribution in [0.3, 0.4) is 0 Å². The first-order chi connectivity index (χ1) is 12.6. The Morgan fingerprint density at radius 2 is 2.08 bits per heavy atom. The highest BCUT2D eigenvalue weighted by Gasteiger charge is 2.20. The zero-order valence-corrected chi connectivity index (χ0v) is 17.0. The third-order valence-corrected chi connectivity index (χ3v) is 5.29. The number of hydrogen-bond donors (Lipinski definition) is 0. The second-order valence-corrected chi connectivity index (χ2v) is 7.45. The molecule has 0 N–H and O–H groups in total. The zero-order valence-electron chi connectivity index (χ0n) is 14.7. The molecule has 26 heavy (non-hydrogen) atoms. The first-order valence-electron chi connectivity index (χ1n) is 8.29. The van der Waals surface area contributed by atoms with E-state index in [-0.39, 0.29) is 0 Å². The number of nitrogens with zero attached hydrogens (tertiary/aromatic N) is 3. The Morgan fingerprint density at radius 1 is 1.27 bits per heavy atom. The summed E-state index contributed by atoms with van der Waals surface area (Å²) < 4.78 is 2.10. The van der Waals surface area contributed by atoms with Gasteiger partial charge in [0.25, 0.3) is 0 Å². The number of anilines is 1. The quantitative estimate of drug-likeness (QED) is 0.378. The van der Waals surface area contributed by atoms with Crippen molar-refractivity contribution in [1.29, 1.82) is 0 Å². The van der Waals surface area contributed by atoms with Crippen LogP contribution in [0.15, 0.2) is 41.6 Å². The van der Waals surface area contributed by atoms with E-state index in [0.717, 1.165) is 40.6 Å². The molecule has 0 saturated heterocycles. The molecule has 0 saturated carbocycles. The molecule has 3 nitrogen and oxygen atoms in total. The predicted molar refractivity (Wildman–Crippen MR) is 114 cm³/mol. The molecule has 0 amide bonds. The van der Waals surface area contributed by atoms with Crippen LogP contribution in [0.25, 0.3) is 16.8 Å². The van der Waals surface area contributed by atoms with E-state index in [1.54, 1.807) is 17.8 Å². The third kappa shape index (κ3) is 3.53. The summed E-state index contributed by atoms with van der Waals surface area (Å²) in [6.07, 6.45) is 10.6. The minimum atomic E-state index is 0.543. The SMILES string of the molecule is C#CCN(CCC)c1c(SC)nc2c(-c3ccc(Cl)cc3Cl)cccn12. The van der Waals surface area contributed by atoms with Crippen LogP contribution in [0.5, 0.6) is 0 Å². The Morgan fingerprint density at radius 3 is 2.73 bits per heavy atom. The van der Waals surface area contributed by atoms with E-state index in [2.05, 4.69) is 22.1 Å². The number of benzene rings is 1. The van der Waals surface area contributed by atoms with E-state index >= 15 is 0 Å². The van der Waals surface area contributed by atoms with Gasteiger partial charge in [-0.15, -0.1) is 18.2 Å². The number of rotatable bonds is 6. The molecule has 0 bridgehead atoms. The smallest absolute Gasteiger partial charge is 0.148 e. The zero-order chi connectivity index (χ0) is 18.7. The highest BCUT2D eigenvalue weighted by molar-refractivity contribution is 7.98. The summed E-state index contributed by atoms with van der Waals surface area (Å²) in [5.74, 6) is 3.79. The Bertz CT molecular complexity index is 975. The van der Waals surface area contributed by atoms with Crippen molar-refractivity contribution in [2.45, 2.75) is 18.4 Å². The van der Waals surface area contributed by atoms with Gasteiger partial charge in [-0.05, 0) is 36.9 Å². The minimum absolute atomic E-state index is 0.543. The van der Waals surface area contributed by atoms with Crippen molar-refractivity contribution in [2.75, 3.05) is 24.2 Å². The number of hydrogen-bond acceptors (Lipinski definition) is 3. The molecule has 2 aromatic heterocycles. The monoisotopic (exact) mass is 403 g/mol. The van der Waals surface area contributed by atoms with Gasteiger partial charge in [-0.25, -0.2) is 4.98 Å². The van der Waals surface area contributed by atoms with Crippen LogP contribution < -0.4 is 4.90 Å². The van der Waals surface area contributed by atoms with E-state index in [1.165, 1.54) is 0 Å². The van der Waals surface area contributed by atoms with Gasteiger partial charge in [0.2, 0.25) is 0 Å². The average Bonchev–Trinajstić information content (AvgIpc) is 3.00. The molecule has 0 aliphatic rings. The lowest BCUT2D eigenvalue weighted by atomic mass is 10.1. The lowest BCUT2D eigenvalue weighted by molar-refractivity contribution is 0.794. The molecule has 0 aliphatic carbocycles. The first-order valence-corrected chi connectivity index (χ1v) is 10.3. The van der Waals surface area contributed by atoms with Gasteiger partial charge >= 0.3 is 0 Å². The highest BCUT2D eigenvalue weighted by Crippen LogP contribution is 2.37. The van der Waals surface area contributed by atoms with Gasteiger partial charge in [0.15, 0.2) is 0 Å². The van der Waals surface area contributed by atoms with E-state index < -0.39 is 0 Å². The molecule has 0 fully saturated rings. The number of imidazole rings is 1. The molecule has 0 aliphatic heterocycles. The lowest BCUT2D eigenvalue weighted by Crippen LogP contribution is -2.26. The van der Waals surface area contributed by atoms with Crippen LogP contribution in [0.1, 0.15) is 13.3 Å². The van der Waals surface area contributed by atoms with E-state index in [0.29, 0.717) is 16.6 Å². The maximum absolute atomic E-state index is 6.44. The molecule has 0 unspecified atom stereocenters. The number of terminal acetylenes is 1. The summed E-state index contributed by atoms with van der Waals surface area (Å²) in [7, 11) is 0.